The Labute approximate surface area is 50.1 Å². The van der Waals surface area contributed by atoms with Crippen LogP contribution in [0.1, 0.15) is 12.8 Å². The van der Waals surface area contributed by atoms with Gasteiger partial charge in [-0.15, -0.1) is 0 Å². The molecule has 48 valence electrons. The summed E-state index contributed by atoms with van der Waals surface area (Å²) in [4.78, 5) is 1.96. The molecular formula is C6H12NO-. The lowest BCUT2D eigenvalue weighted by molar-refractivity contribution is 0.194. The van der Waals surface area contributed by atoms with Gasteiger partial charge in [0.15, 0.2) is 0 Å². The van der Waals surface area contributed by atoms with Crippen molar-refractivity contribution >= 4 is 0 Å². The molecule has 0 unspecified atom stereocenters. The summed E-state index contributed by atoms with van der Waals surface area (Å²) < 4.78 is 0. The Balaban J connectivity index is 2.30. The molecule has 8 heavy (non-hydrogen) atoms. The second-order valence-corrected chi connectivity index (χ2v) is 2.29. The number of aliphatic hydroxyl groups excluding tert-OH is 1. The molecule has 1 atom stereocenters. The summed E-state index contributed by atoms with van der Waals surface area (Å²) in [6.07, 6.45) is 2.30. The standard InChI is InChI=1S/C6H12NO/c1-7-4-2-3-6(7)5-8/h6,8H,1-5H2/q-1/t6-/m0/s1. The Morgan fingerprint density at radius 3 is 2.75 bits per heavy atom. The molecule has 1 heterocycles. The molecule has 1 fully saturated rings. The van der Waals surface area contributed by atoms with Crippen LogP contribution >= 0.6 is 0 Å². The van der Waals surface area contributed by atoms with Crippen LogP contribution in [0.4, 0.5) is 0 Å². The highest BCUT2D eigenvalue weighted by atomic mass is 16.3. The van der Waals surface area contributed by atoms with E-state index in [0.717, 1.165) is 13.0 Å². The third-order valence-corrected chi connectivity index (χ3v) is 1.71. The van der Waals surface area contributed by atoms with Gasteiger partial charge in [-0.1, -0.05) is 0 Å². The number of rotatable bonds is 1. The average molecular weight is 114 g/mol. The average Bonchev–Trinajstić information content (AvgIpc) is 2.14. The number of aliphatic hydroxyl groups is 1. The second-order valence-electron chi connectivity index (χ2n) is 2.29. The van der Waals surface area contributed by atoms with Gasteiger partial charge in [0.25, 0.3) is 0 Å². The summed E-state index contributed by atoms with van der Waals surface area (Å²) in [6, 6.07) is 0.343. The van der Waals surface area contributed by atoms with Crippen molar-refractivity contribution in [1.82, 2.24) is 4.90 Å². The molecule has 0 aliphatic carbocycles. The zero-order valence-electron chi connectivity index (χ0n) is 5.01. The van der Waals surface area contributed by atoms with Gasteiger partial charge in [-0.3, -0.25) is 7.05 Å². The highest BCUT2D eigenvalue weighted by molar-refractivity contribution is 4.76. The molecule has 0 aromatic heterocycles. The van der Waals surface area contributed by atoms with E-state index in [9.17, 15) is 0 Å². The quantitative estimate of drug-likeness (QED) is 0.493. The first kappa shape index (κ1) is 6.05. The molecule has 0 aromatic carbocycles. The third kappa shape index (κ3) is 1.01. The van der Waals surface area contributed by atoms with Gasteiger partial charge in [0.2, 0.25) is 0 Å². The SMILES string of the molecule is [CH2-]N1CCC[C@H]1CO. The summed E-state index contributed by atoms with van der Waals surface area (Å²) in [7, 11) is 3.76. The van der Waals surface area contributed by atoms with Crippen molar-refractivity contribution < 1.29 is 5.11 Å². The fraction of sp³-hybridized carbons (Fsp3) is 0.833. The van der Waals surface area contributed by atoms with Crippen molar-refractivity contribution in [2.75, 3.05) is 13.2 Å². The van der Waals surface area contributed by atoms with Crippen molar-refractivity contribution in [2.45, 2.75) is 18.9 Å². The van der Waals surface area contributed by atoms with Gasteiger partial charge in [-0.2, -0.15) is 0 Å². The zero-order chi connectivity index (χ0) is 5.98. The molecule has 2 heteroatoms. The van der Waals surface area contributed by atoms with Crippen molar-refractivity contribution in [3.63, 3.8) is 0 Å². The Morgan fingerprint density at radius 2 is 2.50 bits per heavy atom. The number of nitrogens with zero attached hydrogens (tertiary/aromatic N) is 1. The zero-order valence-corrected chi connectivity index (χ0v) is 5.01. The minimum absolute atomic E-state index is 0.267. The molecule has 1 saturated heterocycles. The maximum absolute atomic E-state index is 8.65. The van der Waals surface area contributed by atoms with Gasteiger partial charge in [0.1, 0.15) is 0 Å². The molecule has 0 bridgehead atoms. The van der Waals surface area contributed by atoms with Crippen molar-refractivity contribution in [3.8, 4) is 0 Å². The molecule has 1 aliphatic rings. The Bertz CT molecular complexity index is 74.9. The molecule has 0 amide bonds. The van der Waals surface area contributed by atoms with Crippen molar-refractivity contribution in [2.24, 2.45) is 0 Å². The minimum atomic E-state index is 0.267. The lowest BCUT2D eigenvalue weighted by atomic mass is 10.2. The van der Waals surface area contributed by atoms with E-state index in [0.29, 0.717) is 6.04 Å². The maximum Gasteiger partial charge on any atom is 0.0563 e. The number of likely N-dealkylation sites (tertiary alicyclic amines) is 1. The van der Waals surface area contributed by atoms with E-state index in [1.807, 2.05) is 4.90 Å². The van der Waals surface area contributed by atoms with Gasteiger partial charge < -0.3 is 10.0 Å². The first-order valence-corrected chi connectivity index (χ1v) is 3.02. The lowest BCUT2D eigenvalue weighted by Crippen LogP contribution is -2.25. The Morgan fingerprint density at radius 1 is 1.75 bits per heavy atom. The second kappa shape index (κ2) is 2.46. The monoisotopic (exact) mass is 114 g/mol. The number of hydrogen-bond acceptors (Lipinski definition) is 2. The molecule has 1 rings (SSSR count). The van der Waals surface area contributed by atoms with E-state index in [1.54, 1.807) is 0 Å². The summed E-state index contributed by atoms with van der Waals surface area (Å²) in [5, 5.41) is 8.65. The van der Waals surface area contributed by atoms with Crippen LogP contribution in [0.2, 0.25) is 0 Å². The van der Waals surface area contributed by atoms with Gasteiger partial charge >= 0.3 is 0 Å². The molecule has 0 radical (unpaired) electrons. The Kier molecular flexibility index (Phi) is 1.86. The Hall–Kier alpha value is -0.0800. The van der Waals surface area contributed by atoms with Gasteiger partial charge in [0.05, 0.1) is 6.61 Å². The normalized spacial score (nSPS) is 31.5. The van der Waals surface area contributed by atoms with E-state index in [-0.39, 0.29) is 6.61 Å². The molecule has 0 saturated carbocycles. The van der Waals surface area contributed by atoms with Crippen LogP contribution in [0.15, 0.2) is 0 Å². The van der Waals surface area contributed by atoms with Crippen molar-refractivity contribution in [3.05, 3.63) is 7.05 Å². The van der Waals surface area contributed by atoms with E-state index in [4.69, 9.17) is 5.11 Å². The highest BCUT2D eigenvalue weighted by Gasteiger charge is 2.13. The van der Waals surface area contributed by atoms with E-state index >= 15 is 0 Å². The minimum Gasteiger partial charge on any atom is -0.455 e. The van der Waals surface area contributed by atoms with E-state index in [1.165, 1.54) is 6.42 Å². The van der Waals surface area contributed by atoms with E-state index < -0.39 is 0 Å². The van der Waals surface area contributed by atoms with Crippen LogP contribution in [0.3, 0.4) is 0 Å². The van der Waals surface area contributed by atoms with E-state index in [2.05, 4.69) is 7.05 Å². The van der Waals surface area contributed by atoms with Crippen LogP contribution in [0, 0.1) is 7.05 Å². The molecule has 2 nitrogen and oxygen atoms in total. The molecule has 1 N–H and O–H groups in total. The van der Waals surface area contributed by atoms with Crippen LogP contribution in [-0.2, 0) is 0 Å². The third-order valence-electron chi connectivity index (χ3n) is 1.71. The summed E-state index contributed by atoms with van der Waals surface area (Å²) >= 11 is 0. The van der Waals surface area contributed by atoms with Crippen LogP contribution in [0.25, 0.3) is 0 Å². The van der Waals surface area contributed by atoms with Crippen LogP contribution < -0.4 is 0 Å². The fourth-order valence-corrected chi connectivity index (χ4v) is 1.10. The summed E-state index contributed by atoms with van der Waals surface area (Å²) in [6.45, 7) is 1.31. The molecular weight excluding hydrogens is 102 g/mol. The molecule has 0 spiro atoms. The summed E-state index contributed by atoms with van der Waals surface area (Å²) in [5.41, 5.74) is 0. The topological polar surface area (TPSA) is 23.5 Å². The highest BCUT2D eigenvalue weighted by Crippen LogP contribution is 2.13. The summed E-state index contributed by atoms with van der Waals surface area (Å²) in [5.74, 6) is 0. The largest absolute Gasteiger partial charge is 0.455 e. The predicted molar refractivity (Wildman–Crippen MR) is 32.2 cm³/mol. The number of hydrogen-bond donors (Lipinski definition) is 1. The lowest BCUT2D eigenvalue weighted by Gasteiger charge is -2.24. The van der Waals surface area contributed by atoms with Crippen LogP contribution in [-0.4, -0.2) is 29.2 Å². The van der Waals surface area contributed by atoms with Gasteiger partial charge in [-0.05, 0) is 19.4 Å². The first-order valence-electron chi connectivity index (χ1n) is 3.02. The maximum atomic E-state index is 8.65. The first-order chi connectivity index (χ1) is 3.84. The molecule has 0 aromatic rings. The van der Waals surface area contributed by atoms with Gasteiger partial charge in [0, 0.05) is 6.04 Å². The van der Waals surface area contributed by atoms with Crippen molar-refractivity contribution in [1.29, 1.82) is 0 Å². The van der Waals surface area contributed by atoms with Crippen LogP contribution in [0.5, 0.6) is 0 Å². The smallest absolute Gasteiger partial charge is 0.0563 e. The fourth-order valence-electron chi connectivity index (χ4n) is 1.10. The molecule has 1 aliphatic heterocycles. The predicted octanol–water partition coefficient (Wildman–Crippen LogP) is 0.235. The van der Waals surface area contributed by atoms with Gasteiger partial charge in [-0.25, -0.2) is 0 Å².